The van der Waals surface area contributed by atoms with Crippen LogP contribution >= 0.6 is 0 Å². The number of ether oxygens (including phenoxy) is 1. The molecule has 1 aliphatic rings. The second-order valence-electron chi connectivity index (χ2n) is 6.31. The van der Waals surface area contributed by atoms with E-state index in [4.69, 9.17) is 4.74 Å². The first-order valence-corrected chi connectivity index (χ1v) is 8.94. The van der Waals surface area contributed by atoms with Gasteiger partial charge in [0.1, 0.15) is 0 Å². The molecule has 0 unspecified atom stereocenters. The van der Waals surface area contributed by atoms with E-state index in [1.165, 1.54) is 12.4 Å². The van der Waals surface area contributed by atoms with Crippen molar-refractivity contribution in [2.45, 2.75) is 25.8 Å². The number of hydrogen-bond donors (Lipinski definition) is 2. The summed E-state index contributed by atoms with van der Waals surface area (Å²) < 4.78 is 5.00. The van der Waals surface area contributed by atoms with Gasteiger partial charge in [-0.15, -0.1) is 0 Å². The average molecular weight is 370 g/mol. The monoisotopic (exact) mass is 370 g/mol. The van der Waals surface area contributed by atoms with Crippen LogP contribution in [0, 0.1) is 0 Å². The lowest BCUT2D eigenvalue weighted by atomic mass is 10.0. The maximum atomic E-state index is 12.6. The summed E-state index contributed by atoms with van der Waals surface area (Å²) in [6, 6.07) is 8.39. The molecule has 1 aromatic carbocycles. The molecule has 1 aromatic heterocycles. The SMILES string of the molecule is CCOC(=O)N1CCC(NC(=O)c2cccc(-c3cc(=O)[nH]cn3)c2)CC1. The zero-order valence-corrected chi connectivity index (χ0v) is 15.1. The maximum absolute atomic E-state index is 12.6. The van der Waals surface area contributed by atoms with Crippen molar-refractivity contribution in [3.63, 3.8) is 0 Å². The van der Waals surface area contributed by atoms with E-state index in [1.807, 2.05) is 0 Å². The van der Waals surface area contributed by atoms with Crippen LogP contribution in [0.25, 0.3) is 11.3 Å². The summed E-state index contributed by atoms with van der Waals surface area (Å²) in [5.41, 5.74) is 1.47. The second kappa shape index (κ2) is 8.48. The Kier molecular flexibility index (Phi) is 5.85. The summed E-state index contributed by atoms with van der Waals surface area (Å²) in [7, 11) is 0. The van der Waals surface area contributed by atoms with Crippen LogP contribution in [0.2, 0.25) is 0 Å². The summed E-state index contributed by atoms with van der Waals surface area (Å²) >= 11 is 0. The van der Waals surface area contributed by atoms with Crippen molar-refractivity contribution in [2.24, 2.45) is 0 Å². The molecule has 1 fully saturated rings. The molecule has 0 spiro atoms. The van der Waals surface area contributed by atoms with Crippen molar-refractivity contribution in [1.29, 1.82) is 0 Å². The van der Waals surface area contributed by atoms with Crippen LogP contribution < -0.4 is 10.9 Å². The van der Waals surface area contributed by atoms with Crippen molar-refractivity contribution in [3.05, 3.63) is 52.6 Å². The predicted molar refractivity (Wildman–Crippen MR) is 99.4 cm³/mol. The van der Waals surface area contributed by atoms with Crippen molar-refractivity contribution >= 4 is 12.0 Å². The lowest BCUT2D eigenvalue weighted by Crippen LogP contribution is -2.46. The molecule has 2 aromatic rings. The predicted octanol–water partition coefficient (Wildman–Crippen LogP) is 1.79. The van der Waals surface area contributed by atoms with E-state index in [2.05, 4.69) is 15.3 Å². The molecule has 0 radical (unpaired) electrons. The number of benzene rings is 1. The van der Waals surface area contributed by atoms with Crippen LogP contribution in [0.3, 0.4) is 0 Å². The van der Waals surface area contributed by atoms with E-state index < -0.39 is 0 Å². The molecule has 1 saturated heterocycles. The third kappa shape index (κ3) is 4.72. The fourth-order valence-corrected chi connectivity index (χ4v) is 3.04. The Morgan fingerprint density at radius 2 is 2.07 bits per heavy atom. The van der Waals surface area contributed by atoms with Crippen LogP contribution in [0.5, 0.6) is 0 Å². The van der Waals surface area contributed by atoms with E-state index in [9.17, 15) is 14.4 Å². The van der Waals surface area contributed by atoms with Gasteiger partial charge in [0.15, 0.2) is 0 Å². The van der Waals surface area contributed by atoms with Gasteiger partial charge in [-0.1, -0.05) is 12.1 Å². The third-order valence-electron chi connectivity index (χ3n) is 4.45. The Hall–Kier alpha value is -3.16. The molecular formula is C19H22N4O4. The highest BCUT2D eigenvalue weighted by atomic mass is 16.6. The number of nitrogens with one attached hydrogen (secondary N) is 2. The van der Waals surface area contributed by atoms with Crippen molar-refractivity contribution in [1.82, 2.24) is 20.2 Å². The summed E-state index contributed by atoms with van der Waals surface area (Å²) in [5, 5.41) is 3.01. The van der Waals surface area contributed by atoms with Crippen LogP contribution in [0.1, 0.15) is 30.1 Å². The number of aromatic amines is 1. The molecule has 2 N–H and O–H groups in total. The number of aromatic nitrogens is 2. The van der Waals surface area contributed by atoms with E-state index in [1.54, 1.807) is 36.1 Å². The Labute approximate surface area is 156 Å². The summed E-state index contributed by atoms with van der Waals surface area (Å²) in [4.78, 5) is 44.0. The number of carbonyl (C=O) groups is 2. The third-order valence-corrected chi connectivity index (χ3v) is 4.45. The van der Waals surface area contributed by atoms with Gasteiger partial charge in [0, 0.05) is 36.3 Å². The molecule has 3 rings (SSSR count). The van der Waals surface area contributed by atoms with Crippen LogP contribution in [0.15, 0.2) is 41.5 Å². The Morgan fingerprint density at radius 1 is 1.30 bits per heavy atom. The number of likely N-dealkylation sites (tertiary alicyclic amines) is 1. The first-order chi connectivity index (χ1) is 13.1. The maximum Gasteiger partial charge on any atom is 0.409 e. The van der Waals surface area contributed by atoms with Gasteiger partial charge in [-0.25, -0.2) is 9.78 Å². The molecule has 142 valence electrons. The minimum absolute atomic E-state index is 0.00419. The zero-order chi connectivity index (χ0) is 19.2. The van der Waals surface area contributed by atoms with Crippen molar-refractivity contribution < 1.29 is 14.3 Å². The van der Waals surface area contributed by atoms with Gasteiger partial charge in [0.25, 0.3) is 11.5 Å². The molecule has 8 nitrogen and oxygen atoms in total. The van der Waals surface area contributed by atoms with E-state index in [0.29, 0.717) is 49.4 Å². The Bertz CT molecular complexity index is 872. The van der Waals surface area contributed by atoms with E-state index in [0.717, 1.165) is 0 Å². The highest BCUT2D eigenvalue weighted by molar-refractivity contribution is 5.95. The number of piperidine rings is 1. The highest BCUT2D eigenvalue weighted by Crippen LogP contribution is 2.17. The Morgan fingerprint density at radius 3 is 2.78 bits per heavy atom. The number of hydrogen-bond acceptors (Lipinski definition) is 5. The number of nitrogens with zero attached hydrogens (tertiary/aromatic N) is 2. The molecule has 0 aliphatic carbocycles. The van der Waals surface area contributed by atoms with Gasteiger partial charge < -0.3 is 19.9 Å². The van der Waals surface area contributed by atoms with Crippen LogP contribution in [0.4, 0.5) is 4.79 Å². The quantitative estimate of drug-likeness (QED) is 0.854. The van der Waals surface area contributed by atoms with Crippen molar-refractivity contribution in [2.75, 3.05) is 19.7 Å². The van der Waals surface area contributed by atoms with Gasteiger partial charge in [-0.2, -0.15) is 0 Å². The number of carbonyl (C=O) groups excluding carboxylic acids is 2. The lowest BCUT2D eigenvalue weighted by molar-refractivity contribution is 0.0860. The van der Waals surface area contributed by atoms with E-state index >= 15 is 0 Å². The number of H-pyrrole nitrogens is 1. The molecule has 0 bridgehead atoms. The minimum atomic E-state index is -0.305. The second-order valence-corrected chi connectivity index (χ2v) is 6.31. The molecule has 2 heterocycles. The fourth-order valence-electron chi connectivity index (χ4n) is 3.04. The van der Waals surface area contributed by atoms with Crippen LogP contribution in [-0.2, 0) is 4.74 Å². The standard InChI is InChI=1S/C19H22N4O4/c1-2-27-19(26)23-8-6-15(7-9-23)22-18(25)14-5-3-4-13(10-14)16-11-17(24)21-12-20-16/h3-5,10-12,15H,2,6-9H2,1H3,(H,22,25)(H,20,21,24). The smallest absolute Gasteiger partial charge is 0.409 e. The highest BCUT2D eigenvalue weighted by Gasteiger charge is 2.24. The average Bonchev–Trinajstić information content (AvgIpc) is 2.69. The molecule has 8 heteroatoms. The fraction of sp³-hybridized carbons (Fsp3) is 0.368. The molecule has 1 aliphatic heterocycles. The van der Waals surface area contributed by atoms with Gasteiger partial charge in [-0.05, 0) is 31.9 Å². The summed E-state index contributed by atoms with van der Waals surface area (Å²) in [6.45, 7) is 3.25. The largest absolute Gasteiger partial charge is 0.450 e. The molecule has 27 heavy (non-hydrogen) atoms. The number of rotatable bonds is 4. The minimum Gasteiger partial charge on any atom is -0.450 e. The normalized spacial score (nSPS) is 14.6. The van der Waals surface area contributed by atoms with Gasteiger partial charge in [0.2, 0.25) is 0 Å². The van der Waals surface area contributed by atoms with Crippen molar-refractivity contribution in [3.8, 4) is 11.3 Å². The van der Waals surface area contributed by atoms with Gasteiger partial charge in [0.05, 0.1) is 18.6 Å². The molecule has 2 amide bonds. The summed E-state index contributed by atoms with van der Waals surface area (Å²) in [6.07, 6.45) is 2.39. The molecular weight excluding hydrogens is 348 g/mol. The first kappa shape index (κ1) is 18.6. The van der Waals surface area contributed by atoms with Gasteiger partial charge in [-0.3, -0.25) is 9.59 Å². The Balaban J connectivity index is 1.61. The first-order valence-electron chi connectivity index (χ1n) is 8.94. The van der Waals surface area contributed by atoms with Gasteiger partial charge >= 0.3 is 6.09 Å². The van der Waals surface area contributed by atoms with E-state index in [-0.39, 0.29) is 23.6 Å². The zero-order valence-electron chi connectivity index (χ0n) is 15.1. The molecule has 0 atom stereocenters. The van der Waals surface area contributed by atoms with Crippen LogP contribution in [-0.4, -0.2) is 52.6 Å². The molecule has 0 saturated carbocycles. The lowest BCUT2D eigenvalue weighted by Gasteiger charge is -2.31. The topological polar surface area (TPSA) is 104 Å². The number of amides is 2. The summed E-state index contributed by atoms with van der Waals surface area (Å²) in [5.74, 6) is -0.184.